The molecule has 1 amide bonds. The van der Waals surface area contributed by atoms with Crippen molar-refractivity contribution in [2.75, 3.05) is 5.75 Å². The minimum Gasteiger partial charge on any atom is -0.298 e. The first-order valence-electron chi connectivity index (χ1n) is 8.39. The Morgan fingerprint density at radius 2 is 2.27 bits per heavy atom. The summed E-state index contributed by atoms with van der Waals surface area (Å²) in [5, 5.41) is 15.8. The lowest BCUT2D eigenvalue weighted by atomic mass is 10.1. The number of amides is 1. The fourth-order valence-electron chi connectivity index (χ4n) is 2.87. The third-order valence-corrected chi connectivity index (χ3v) is 6.29. The topological polar surface area (TPSA) is 57.1 Å². The predicted molar refractivity (Wildman–Crippen MR) is 110 cm³/mol. The highest BCUT2D eigenvalue weighted by Gasteiger charge is 2.34. The number of carbonyl (C=O) groups is 1. The summed E-state index contributed by atoms with van der Waals surface area (Å²) in [4.78, 5) is 17.8. The van der Waals surface area contributed by atoms with Crippen LogP contribution in [0.5, 0.6) is 0 Å². The van der Waals surface area contributed by atoms with E-state index < -0.39 is 0 Å². The summed E-state index contributed by atoms with van der Waals surface area (Å²) in [7, 11) is 0. The summed E-state index contributed by atoms with van der Waals surface area (Å²) in [5.41, 5.74) is 1.59. The SMILES string of the molecule is CCCCSC1=NN2C(=c3cc(Br)ccc3=N[C@@H]2c2ccsc2)C(=O)N1. The van der Waals surface area contributed by atoms with Gasteiger partial charge in [0.05, 0.1) is 5.36 Å². The highest BCUT2D eigenvalue weighted by atomic mass is 79.9. The number of hydrazone groups is 1. The van der Waals surface area contributed by atoms with Crippen LogP contribution in [0, 0.1) is 0 Å². The largest absolute Gasteiger partial charge is 0.298 e. The minimum absolute atomic E-state index is 0.131. The van der Waals surface area contributed by atoms with Gasteiger partial charge in [-0.3, -0.25) is 15.1 Å². The Balaban J connectivity index is 1.85. The molecule has 1 atom stereocenters. The molecule has 0 fully saturated rings. The molecule has 2 aliphatic heterocycles. The fraction of sp³-hybridized carbons (Fsp3) is 0.278. The van der Waals surface area contributed by atoms with E-state index in [2.05, 4.69) is 33.6 Å². The Hall–Kier alpha value is -1.64. The molecule has 1 aromatic carbocycles. The van der Waals surface area contributed by atoms with Crippen molar-refractivity contribution < 1.29 is 4.79 Å². The van der Waals surface area contributed by atoms with E-state index in [1.54, 1.807) is 28.1 Å². The first-order valence-corrected chi connectivity index (χ1v) is 11.1. The molecule has 0 bridgehead atoms. The average molecular weight is 449 g/mol. The van der Waals surface area contributed by atoms with Gasteiger partial charge in [0.1, 0.15) is 5.70 Å². The molecule has 26 heavy (non-hydrogen) atoms. The number of hydrogen-bond donors (Lipinski definition) is 1. The normalized spacial score (nSPS) is 18.6. The van der Waals surface area contributed by atoms with Crippen molar-refractivity contribution in [2.45, 2.75) is 25.9 Å². The Morgan fingerprint density at radius 3 is 3.04 bits per heavy atom. The molecule has 2 aliphatic rings. The number of nitrogens with one attached hydrogen (secondary N) is 1. The molecule has 134 valence electrons. The molecule has 4 rings (SSSR count). The summed E-state index contributed by atoms with van der Waals surface area (Å²) in [6.45, 7) is 2.15. The highest BCUT2D eigenvalue weighted by Crippen LogP contribution is 2.31. The maximum atomic E-state index is 12.9. The van der Waals surface area contributed by atoms with Crippen molar-refractivity contribution in [1.29, 1.82) is 0 Å². The van der Waals surface area contributed by atoms with Crippen LogP contribution >= 0.6 is 39.0 Å². The van der Waals surface area contributed by atoms with Crippen LogP contribution in [0.4, 0.5) is 0 Å². The summed E-state index contributed by atoms with van der Waals surface area (Å²) in [5.74, 6) is 0.801. The summed E-state index contributed by atoms with van der Waals surface area (Å²) < 4.78 is 0.910. The van der Waals surface area contributed by atoms with Crippen LogP contribution in [0.25, 0.3) is 5.70 Å². The molecule has 2 aromatic rings. The number of nitrogens with zero attached hydrogens (tertiary/aromatic N) is 3. The molecule has 0 saturated carbocycles. The monoisotopic (exact) mass is 448 g/mol. The third kappa shape index (κ3) is 3.33. The Bertz CT molecular complexity index is 987. The number of amidine groups is 1. The zero-order valence-corrected chi connectivity index (χ0v) is 17.3. The first kappa shape index (κ1) is 17.8. The van der Waals surface area contributed by atoms with Gasteiger partial charge < -0.3 is 0 Å². The number of rotatable bonds is 4. The number of unbranched alkanes of at least 4 members (excludes halogenated alkanes) is 1. The minimum atomic E-state index is -0.322. The molecule has 5 nitrogen and oxygen atoms in total. The van der Waals surface area contributed by atoms with Gasteiger partial charge in [0, 0.05) is 21.0 Å². The Labute approximate surface area is 168 Å². The van der Waals surface area contributed by atoms with Crippen LogP contribution in [0.3, 0.4) is 0 Å². The van der Waals surface area contributed by atoms with E-state index in [1.165, 1.54) is 0 Å². The zero-order valence-electron chi connectivity index (χ0n) is 14.1. The lowest BCUT2D eigenvalue weighted by Gasteiger charge is -2.33. The predicted octanol–water partition coefficient (Wildman–Crippen LogP) is 3.19. The smallest absolute Gasteiger partial charge is 0.276 e. The van der Waals surface area contributed by atoms with E-state index >= 15 is 0 Å². The molecule has 1 aromatic heterocycles. The first-order chi connectivity index (χ1) is 12.7. The van der Waals surface area contributed by atoms with Crippen molar-refractivity contribution in [3.8, 4) is 0 Å². The molecule has 8 heteroatoms. The quantitative estimate of drug-likeness (QED) is 0.730. The molecule has 0 radical (unpaired) electrons. The van der Waals surface area contributed by atoms with Gasteiger partial charge in [-0.15, -0.1) is 5.10 Å². The van der Waals surface area contributed by atoms with Crippen LogP contribution in [-0.2, 0) is 4.79 Å². The second kappa shape index (κ2) is 7.54. The van der Waals surface area contributed by atoms with E-state index in [0.717, 1.165) is 39.2 Å². The van der Waals surface area contributed by atoms with Crippen LogP contribution in [0.2, 0.25) is 0 Å². The number of thiophene rings is 1. The van der Waals surface area contributed by atoms with Crippen molar-refractivity contribution in [3.05, 3.63) is 55.6 Å². The van der Waals surface area contributed by atoms with Crippen molar-refractivity contribution in [1.82, 2.24) is 10.3 Å². The van der Waals surface area contributed by atoms with Gasteiger partial charge in [-0.1, -0.05) is 41.0 Å². The third-order valence-electron chi connectivity index (χ3n) is 4.15. The van der Waals surface area contributed by atoms with Crippen molar-refractivity contribution >= 4 is 55.8 Å². The van der Waals surface area contributed by atoms with Gasteiger partial charge in [-0.05, 0) is 41.4 Å². The second-order valence-electron chi connectivity index (χ2n) is 5.98. The van der Waals surface area contributed by atoms with E-state index in [9.17, 15) is 4.79 Å². The molecule has 0 unspecified atom stereocenters. The standard InChI is InChI=1S/C18H17BrN4OS2/c1-2-3-7-26-18-21-17(24)15-13-9-12(19)4-5-14(13)20-16(23(15)22-18)11-6-8-25-10-11/h4-6,8-10,16H,2-3,7H2,1H3,(H,21,22,24)/t16-/m0/s1. The molecular formula is C18H17BrN4OS2. The van der Waals surface area contributed by atoms with Crippen LogP contribution in [0.1, 0.15) is 31.5 Å². The van der Waals surface area contributed by atoms with E-state index in [0.29, 0.717) is 10.9 Å². The number of halogens is 1. The molecule has 0 saturated heterocycles. The zero-order chi connectivity index (χ0) is 18.1. The number of carbonyl (C=O) groups excluding carboxylic acids is 1. The number of thioether (sulfide) groups is 1. The van der Waals surface area contributed by atoms with Crippen LogP contribution < -0.4 is 15.9 Å². The van der Waals surface area contributed by atoms with Gasteiger partial charge in [0.25, 0.3) is 5.91 Å². The lowest BCUT2D eigenvalue weighted by molar-refractivity contribution is -0.116. The summed E-state index contributed by atoms with van der Waals surface area (Å²) >= 11 is 6.69. The number of fused-ring (bicyclic) bond motifs is 2. The Morgan fingerprint density at radius 1 is 1.38 bits per heavy atom. The van der Waals surface area contributed by atoms with Crippen molar-refractivity contribution in [2.24, 2.45) is 10.1 Å². The van der Waals surface area contributed by atoms with E-state index in [-0.39, 0.29) is 12.1 Å². The summed E-state index contributed by atoms with van der Waals surface area (Å²) in [6.07, 6.45) is 1.88. The second-order valence-corrected chi connectivity index (χ2v) is 8.75. The molecular weight excluding hydrogens is 432 g/mol. The molecule has 0 spiro atoms. The van der Waals surface area contributed by atoms with Gasteiger partial charge in [0.2, 0.25) is 0 Å². The Kier molecular flexibility index (Phi) is 5.15. The van der Waals surface area contributed by atoms with Gasteiger partial charge >= 0.3 is 0 Å². The van der Waals surface area contributed by atoms with E-state index in [4.69, 9.17) is 10.1 Å². The lowest BCUT2D eigenvalue weighted by Crippen LogP contribution is -2.50. The van der Waals surface area contributed by atoms with Crippen LogP contribution in [-0.4, -0.2) is 21.8 Å². The summed E-state index contributed by atoms with van der Waals surface area (Å²) in [6, 6.07) is 7.84. The van der Waals surface area contributed by atoms with E-state index in [1.807, 2.05) is 29.6 Å². The maximum Gasteiger partial charge on any atom is 0.276 e. The van der Waals surface area contributed by atoms with Gasteiger partial charge in [0.15, 0.2) is 11.3 Å². The number of hydrogen-bond acceptors (Lipinski definition) is 6. The van der Waals surface area contributed by atoms with Crippen molar-refractivity contribution in [3.63, 3.8) is 0 Å². The molecule has 0 aliphatic carbocycles. The highest BCUT2D eigenvalue weighted by molar-refractivity contribution is 9.10. The molecule has 3 heterocycles. The van der Waals surface area contributed by atoms with Gasteiger partial charge in [-0.2, -0.15) is 11.3 Å². The average Bonchev–Trinajstić information content (AvgIpc) is 3.15. The molecule has 1 N–H and O–H groups in total. The maximum absolute atomic E-state index is 12.9. The van der Waals surface area contributed by atoms with Crippen LogP contribution in [0.15, 0.2) is 49.6 Å². The number of benzene rings is 1. The fourth-order valence-corrected chi connectivity index (χ4v) is 4.84. The van der Waals surface area contributed by atoms with Gasteiger partial charge in [-0.25, -0.2) is 5.01 Å².